The Morgan fingerprint density at radius 1 is 1.44 bits per heavy atom. The summed E-state index contributed by atoms with van der Waals surface area (Å²) in [6.07, 6.45) is 0. The number of aryl methyl sites for hydroxylation is 1. The van der Waals surface area contributed by atoms with Gasteiger partial charge in [-0.25, -0.2) is 4.98 Å². The predicted octanol–water partition coefficient (Wildman–Crippen LogP) is 3.76. The van der Waals surface area contributed by atoms with Crippen LogP contribution in [-0.2, 0) is 6.54 Å². The summed E-state index contributed by atoms with van der Waals surface area (Å²) in [7, 11) is 0. The number of nitrogens with zero attached hydrogens (tertiary/aromatic N) is 2. The summed E-state index contributed by atoms with van der Waals surface area (Å²) < 4.78 is 5.11. The van der Waals surface area contributed by atoms with E-state index in [0.717, 1.165) is 38.7 Å². The molecule has 96 valence electrons. The number of hydrogen-bond donors (Lipinski definition) is 1. The third-order valence-corrected chi connectivity index (χ3v) is 4.49. The highest BCUT2D eigenvalue weighted by Crippen LogP contribution is 2.31. The lowest BCUT2D eigenvalue weighted by Crippen LogP contribution is -2.11. The molecular weight excluding hydrogens is 286 g/mol. The summed E-state index contributed by atoms with van der Waals surface area (Å²) in [5, 5.41) is 4.06. The van der Waals surface area contributed by atoms with Crippen molar-refractivity contribution in [1.29, 1.82) is 0 Å². The number of nitrogens with one attached hydrogen (secondary N) is 1. The van der Waals surface area contributed by atoms with Gasteiger partial charge in [0.1, 0.15) is 5.82 Å². The van der Waals surface area contributed by atoms with E-state index in [0.29, 0.717) is 0 Å². The highest BCUT2D eigenvalue weighted by Gasteiger charge is 2.06. The van der Waals surface area contributed by atoms with Crippen molar-refractivity contribution < 1.29 is 0 Å². The minimum Gasteiger partial charge on any atom is -0.313 e. The van der Waals surface area contributed by atoms with Gasteiger partial charge in [0.15, 0.2) is 4.34 Å². The molecule has 1 N–H and O–H groups in total. The first-order chi connectivity index (χ1) is 8.69. The van der Waals surface area contributed by atoms with Gasteiger partial charge in [-0.3, -0.25) is 0 Å². The Kier molecular flexibility index (Phi) is 5.00. The van der Waals surface area contributed by atoms with Crippen molar-refractivity contribution in [3.63, 3.8) is 0 Å². The Labute approximate surface area is 120 Å². The van der Waals surface area contributed by atoms with Crippen molar-refractivity contribution in [3.05, 3.63) is 34.6 Å². The fraction of sp³-hybridized carbons (Fsp3) is 0.333. The Morgan fingerprint density at radius 3 is 2.89 bits per heavy atom. The van der Waals surface area contributed by atoms with Gasteiger partial charge >= 0.3 is 0 Å². The molecule has 0 aliphatic heterocycles. The average Bonchev–Trinajstić information content (AvgIpc) is 2.74. The van der Waals surface area contributed by atoms with Crippen LogP contribution >= 0.6 is 34.9 Å². The zero-order chi connectivity index (χ0) is 13.0. The zero-order valence-corrected chi connectivity index (χ0v) is 12.6. The molecule has 1 heterocycles. The Morgan fingerprint density at radius 2 is 2.28 bits per heavy atom. The van der Waals surface area contributed by atoms with Crippen molar-refractivity contribution in [2.75, 3.05) is 6.54 Å². The summed E-state index contributed by atoms with van der Waals surface area (Å²) >= 11 is 9.26. The van der Waals surface area contributed by atoms with Gasteiger partial charge in [0.05, 0.1) is 0 Å². The second kappa shape index (κ2) is 6.52. The van der Waals surface area contributed by atoms with Crippen LogP contribution in [0.15, 0.2) is 27.4 Å². The maximum absolute atomic E-state index is 6.25. The first kappa shape index (κ1) is 13.8. The maximum Gasteiger partial charge on any atom is 0.174 e. The van der Waals surface area contributed by atoms with Crippen molar-refractivity contribution in [2.45, 2.75) is 29.6 Å². The quantitative estimate of drug-likeness (QED) is 0.912. The highest BCUT2D eigenvalue weighted by molar-refractivity contribution is 8.01. The van der Waals surface area contributed by atoms with Gasteiger partial charge in [0, 0.05) is 16.5 Å². The van der Waals surface area contributed by atoms with E-state index in [2.05, 4.69) is 33.7 Å². The van der Waals surface area contributed by atoms with Crippen LogP contribution < -0.4 is 5.32 Å². The predicted molar refractivity (Wildman–Crippen MR) is 77.6 cm³/mol. The third-order valence-electron chi connectivity index (χ3n) is 2.30. The molecule has 0 saturated carbocycles. The molecule has 3 nitrogen and oxygen atoms in total. The fourth-order valence-electron chi connectivity index (χ4n) is 1.41. The van der Waals surface area contributed by atoms with Crippen molar-refractivity contribution in [2.24, 2.45) is 0 Å². The fourth-order valence-corrected chi connectivity index (χ4v) is 3.39. The Bertz CT molecular complexity index is 528. The first-order valence-electron chi connectivity index (χ1n) is 5.66. The van der Waals surface area contributed by atoms with E-state index in [4.69, 9.17) is 11.6 Å². The largest absolute Gasteiger partial charge is 0.313 e. The van der Waals surface area contributed by atoms with E-state index >= 15 is 0 Å². The van der Waals surface area contributed by atoms with Crippen molar-refractivity contribution >= 4 is 34.9 Å². The summed E-state index contributed by atoms with van der Waals surface area (Å²) in [4.78, 5) is 5.42. The van der Waals surface area contributed by atoms with Crippen molar-refractivity contribution in [3.8, 4) is 0 Å². The second-order valence-corrected chi connectivity index (χ2v) is 6.22. The summed E-state index contributed by atoms with van der Waals surface area (Å²) in [5.41, 5.74) is 1.12. The summed E-state index contributed by atoms with van der Waals surface area (Å²) in [6, 6.07) is 6.11. The molecule has 18 heavy (non-hydrogen) atoms. The van der Waals surface area contributed by atoms with Gasteiger partial charge in [-0.05, 0) is 42.7 Å². The van der Waals surface area contributed by atoms with E-state index in [9.17, 15) is 0 Å². The third kappa shape index (κ3) is 3.68. The van der Waals surface area contributed by atoms with Gasteiger partial charge in [0.2, 0.25) is 0 Å². The minimum absolute atomic E-state index is 0.794. The molecule has 0 bridgehead atoms. The van der Waals surface area contributed by atoms with Gasteiger partial charge in [-0.2, -0.15) is 4.37 Å². The molecular formula is C12H14ClN3S2. The molecule has 0 aliphatic carbocycles. The van der Waals surface area contributed by atoms with Gasteiger partial charge < -0.3 is 5.32 Å². The summed E-state index contributed by atoms with van der Waals surface area (Å²) in [5.74, 6) is 0.817. The minimum atomic E-state index is 0.794. The smallest absolute Gasteiger partial charge is 0.174 e. The molecule has 0 spiro atoms. The van der Waals surface area contributed by atoms with E-state index in [-0.39, 0.29) is 0 Å². The standard InChI is InChI=1S/C12H14ClN3S2/c1-3-14-7-9-4-5-10(6-11(9)13)17-12-15-8(2)16-18-12/h4-6,14H,3,7H2,1-2H3. The van der Waals surface area contributed by atoms with Crippen molar-refractivity contribution in [1.82, 2.24) is 14.7 Å². The summed E-state index contributed by atoms with van der Waals surface area (Å²) in [6.45, 7) is 5.72. The first-order valence-corrected chi connectivity index (χ1v) is 7.63. The average molecular weight is 300 g/mol. The maximum atomic E-state index is 6.25. The number of halogens is 1. The molecule has 1 aromatic carbocycles. The highest BCUT2D eigenvalue weighted by atomic mass is 35.5. The molecule has 0 amide bonds. The van der Waals surface area contributed by atoms with Crippen LogP contribution in [0.4, 0.5) is 0 Å². The van der Waals surface area contributed by atoms with Crippen LogP contribution in [0.5, 0.6) is 0 Å². The lowest BCUT2D eigenvalue weighted by Gasteiger charge is -2.06. The van der Waals surface area contributed by atoms with Crippen LogP contribution in [0, 0.1) is 6.92 Å². The SMILES string of the molecule is CCNCc1ccc(Sc2nc(C)ns2)cc1Cl. The number of rotatable bonds is 5. The lowest BCUT2D eigenvalue weighted by molar-refractivity contribution is 0.726. The molecule has 1 aromatic heterocycles. The normalized spacial score (nSPS) is 10.8. The molecule has 0 fully saturated rings. The molecule has 0 unspecified atom stereocenters. The molecule has 0 atom stereocenters. The molecule has 0 saturated heterocycles. The van der Waals surface area contributed by atoms with Crippen LogP contribution in [0.2, 0.25) is 5.02 Å². The van der Waals surface area contributed by atoms with Gasteiger partial charge in [-0.15, -0.1) is 0 Å². The number of hydrogen-bond acceptors (Lipinski definition) is 5. The molecule has 2 rings (SSSR count). The zero-order valence-electron chi connectivity index (χ0n) is 10.2. The number of aromatic nitrogens is 2. The molecule has 2 aromatic rings. The molecule has 0 aliphatic rings. The van der Waals surface area contributed by atoms with Crippen LogP contribution in [0.1, 0.15) is 18.3 Å². The molecule has 0 radical (unpaired) electrons. The van der Waals surface area contributed by atoms with E-state index < -0.39 is 0 Å². The number of benzene rings is 1. The van der Waals surface area contributed by atoms with Crippen LogP contribution in [0.25, 0.3) is 0 Å². The van der Waals surface area contributed by atoms with Crippen LogP contribution in [-0.4, -0.2) is 15.9 Å². The monoisotopic (exact) mass is 299 g/mol. The van der Waals surface area contributed by atoms with Gasteiger partial charge in [0.25, 0.3) is 0 Å². The Hall–Kier alpha value is -0.620. The molecule has 6 heteroatoms. The van der Waals surface area contributed by atoms with E-state index in [1.807, 2.05) is 13.0 Å². The van der Waals surface area contributed by atoms with Gasteiger partial charge in [-0.1, -0.05) is 36.4 Å². The van der Waals surface area contributed by atoms with E-state index in [1.165, 1.54) is 11.5 Å². The Balaban J connectivity index is 2.08. The topological polar surface area (TPSA) is 37.8 Å². The lowest BCUT2D eigenvalue weighted by atomic mass is 10.2. The second-order valence-electron chi connectivity index (χ2n) is 3.74. The van der Waals surface area contributed by atoms with E-state index in [1.54, 1.807) is 11.8 Å². The van der Waals surface area contributed by atoms with Crippen LogP contribution in [0.3, 0.4) is 0 Å².